The lowest BCUT2D eigenvalue weighted by molar-refractivity contribution is -0.141. The molecule has 2 aromatic rings. The number of nitrogens with zero attached hydrogens (tertiary/aromatic N) is 3. The molecule has 0 bridgehead atoms. The van der Waals surface area contributed by atoms with Crippen molar-refractivity contribution in [1.82, 2.24) is 15.3 Å². The van der Waals surface area contributed by atoms with Crippen LogP contribution >= 0.6 is 0 Å². The highest BCUT2D eigenvalue weighted by Crippen LogP contribution is 2.40. The number of amides is 3. The molecule has 3 rings (SSSR count). The van der Waals surface area contributed by atoms with Gasteiger partial charge in [-0.1, -0.05) is 0 Å². The summed E-state index contributed by atoms with van der Waals surface area (Å²) in [4.78, 5) is 33.8. The molecular weight excluding hydrogens is 427 g/mol. The van der Waals surface area contributed by atoms with Gasteiger partial charge in [0.05, 0.1) is 11.7 Å². The number of aromatic nitrogens is 2. The molecular formula is C21H24F3N5O3. The van der Waals surface area contributed by atoms with Gasteiger partial charge >= 0.3 is 12.2 Å². The molecule has 8 nitrogen and oxygen atoms in total. The molecule has 1 aliphatic heterocycles. The lowest BCUT2D eigenvalue weighted by atomic mass is 10.1. The van der Waals surface area contributed by atoms with E-state index in [0.717, 1.165) is 12.3 Å². The number of ether oxygens (including phenoxy) is 1. The monoisotopic (exact) mass is 451 g/mol. The van der Waals surface area contributed by atoms with E-state index >= 15 is 0 Å². The van der Waals surface area contributed by atoms with Crippen LogP contribution in [0.3, 0.4) is 0 Å². The molecule has 1 aromatic heterocycles. The van der Waals surface area contributed by atoms with Gasteiger partial charge < -0.3 is 15.4 Å². The number of nitrogens with one attached hydrogen (secondary N) is 2. The molecule has 0 saturated carbocycles. The molecule has 1 aliphatic rings. The Kier molecular flexibility index (Phi) is 6.03. The Labute approximate surface area is 183 Å². The number of hydrogen-bond acceptors (Lipinski definition) is 5. The van der Waals surface area contributed by atoms with E-state index in [1.54, 1.807) is 18.2 Å². The van der Waals surface area contributed by atoms with E-state index in [9.17, 15) is 22.8 Å². The molecule has 0 fully saturated rings. The second-order valence-corrected chi connectivity index (χ2v) is 8.45. The van der Waals surface area contributed by atoms with Crippen molar-refractivity contribution in [1.29, 1.82) is 0 Å². The minimum absolute atomic E-state index is 0.153. The number of carbonyl (C=O) groups excluding carboxylic acids is 2. The van der Waals surface area contributed by atoms with Crippen LogP contribution in [0, 0.1) is 0 Å². The predicted molar refractivity (Wildman–Crippen MR) is 111 cm³/mol. The second kappa shape index (κ2) is 8.29. The molecule has 11 heteroatoms. The number of halogens is 3. The zero-order valence-electron chi connectivity index (χ0n) is 18.2. The fraction of sp³-hybridized carbons (Fsp3) is 0.429. The summed E-state index contributed by atoms with van der Waals surface area (Å²) < 4.78 is 44.9. The van der Waals surface area contributed by atoms with Crippen molar-refractivity contribution in [2.45, 2.75) is 58.5 Å². The van der Waals surface area contributed by atoms with Crippen LogP contribution in [0.5, 0.6) is 5.75 Å². The van der Waals surface area contributed by atoms with Crippen molar-refractivity contribution in [3.05, 3.63) is 42.0 Å². The second-order valence-electron chi connectivity index (χ2n) is 8.45. The zero-order chi connectivity index (χ0) is 23.8. The third-order valence-corrected chi connectivity index (χ3v) is 4.58. The summed E-state index contributed by atoms with van der Waals surface area (Å²) in [5, 5.41) is 5.46. The standard InChI is InChI=1S/C21H24F3N5O3/c1-11(17-25-9-8-16(27-17)21(22,23)24)29-14-7-6-13(26-19(31)28-20(3,4)5)10-15(14)32-12(2)18(29)30/h6-12H,1-5H3,(H2,26,28,31)/t11-,12-/m1/s1. The van der Waals surface area contributed by atoms with Crippen molar-refractivity contribution in [2.75, 3.05) is 10.2 Å². The SMILES string of the molecule is C[C@H](c1nccc(C(F)(F)F)n1)N1C(=O)[C@@H](C)Oc2cc(NC(=O)NC(C)(C)C)ccc21. The number of carbonyl (C=O) groups is 2. The van der Waals surface area contributed by atoms with Gasteiger partial charge in [-0.3, -0.25) is 9.69 Å². The molecule has 0 radical (unpaired) electrons. The Hall–Kier alpha value is -3.37. The number of rotatable bonds is 3. The molecule has 32 heavy (non-hydrogen) atoms. The Bertz CT molecular complexity index is 1040. The molecule has 0 saturated heterocycles. The van der Waals surface area contributed by atoms with Gasteiger partial charge in [-0.25, -0.2) is 14.8 Å². The maximum atomic E-state index is 13.1. The summed E-state index contributed by atoms with van der Waals surface area (Å²) in [5.41, 5.74) is -0.765. The van der Waals surface area contributed by atoms with Crippen molar-refractivity contribution < 1.29 is 27.5 Å². The molecule has 3 amide bonds. The Morgan fingerprint density at radius 1 is 1.22 bits per heavy atom. The van der Waals surface area contributed by atoms with E-state index in [4.69, 9.17) is 4.74 Å². The van der Waals surface area contributed by atoms with E-state index in [2.05, 4.69) is 20.6 Å². The highest BCUT2D eigenvalue weighted by molar-refractivity contribution is 6.01. The molecule has 0 spiro atoms. The Morgan fingerprint density at radius 3 is 2.53 bits per heavy atom. The maximum Gasteiger partial charge on any atom is 0.433 e. The van der Waals surface area contributed by atoms with Gasteiger partial charge in [-0.05, 0) is 52.8 Å². The van der Waals surface area contributed by atoms with E-state index in [1.807, 2.05) is 20.8 Å². The predicted octanol–water partition coefficient (Wildman–Crippen LogP) is 4.29. The van der Waals surface area contributed by atoms with Crippen LogP contribution in [-0.2, 0) is 11.0 Å². The zero-order valence-corrected chi connectivity index (χ0v) is 18.2. The smallest absolute Gasteiger partial charge is 0.433 e. The third kappa shape index (κ3) is 5.09. The lowest BCUT2D eigenvalue weighted by Gasteiger charge is -2.36. The van der Waals surface area contributed by atoms with E-state index in [-0.39, 0.29) is 5.82 Å². The van der Waals surface area contributed by atoms with E-state index < -0.39 is 41.5 Å². The van der Waals surface area contributed by atoms with Crippen molar-refractivity contribution in [3.63, 3.8) is 0 Å². The van der Waals surface area contributed by atoms with Crippen molar-refractivity contribution in [3.8, 4) is 5.75 Å². The number of hydrogen-bond donors (Lipinski definition) is 2. The first-order valence-electron chi connectivity index (χ1n) is 9.89. The normalized spacial score (nSPS) is 17.3. The van der Waals surface area contributed by atoms with Crippen LogP contribution in [0.15, 0.2) is 30.5 Å². The molecule has 2 atom stereocenters. The average molecular weight is 451 g/mol. The summed E-state index contributed by atoms with van der Waals surface area (Å²) in [6.45, 7) is 8.59. The average Bonchev–Trinajstić information content (AvgIpc) is 2.66. The highest BCUT2D eigenvalue weighted by Gasteiger charge is 2.38. The van der Waals surface area contributed by atoms with E-state index in [1.165, 1.54) is 18.7 Å². The van der Waals surface area contributed by atoms with Crippen molar-refractivity contribution in [2.24, 2.45) is 0 Å². The minimum Gasteiger partial charge on any atom is -0.479 e. The lowest BCUT2D eigenvalue weighted by Crippen LogP contribution is -2.46. The van der Waals surface area contributed by atoms with Gasteiger partial charge in [0.15, 0.2) is 11.9 Å². The first-order chi connectivity index (χ1) is 14.8. The van der Waals surface area contributed by atoms with E-state index in [0.29, 0.717) is 17.1 Å². The van der Waals surface area contributed by atoms with Gasteiger partial charge in [-0.15, -0.1) is 0 Å². The maximum absolute atomic E-state index is 13.1. The van der Waals surface area contributed by atoms with Crippen LogP contribution in [-0.4, -0.2) is 33.5 Å². The third-order valence-electron chi connectivity index (χ3n) is 4.58. The quantitative estimate of drug-likeness (QED) is 0.726. The Morgan fingerprint density at radius 2 is 1.91 bits per heavy atom. The number of anilines is 2. The largest absolute Gasteiger partial charge is 0.479 e. The summed E-state index contributed by atoms with van der Waals surface area (Å²) in [5.74, 6) is -0.304. The van der Waals surface area contributed by atoms with Crippen LogP contribution in [0.2, 0.25) is 0 Å². The van der Waals surface area contributed by atoms with Gasteiger partial charge in [0.2, 0.25) is 0 Å². The summed E-state index contributed by atoms with van der Waals surface area (Å²) in [7, 11) is 0. The summed E-state index contributed by atoms with van der Waals surface area (Å²) >= 11 is 0. The van der Waals surface area contributed by atoms with Gasteiger partial charge in [0.1, 0.15) is 11.4 Å². The summed E-state index contributed by atoms with van der Waals surface area (Å²) in [6, 6.07) is 4.14. The fourth-order valence-corrected chi connectivity index (χ4v) is 3.19. The van der Waals surface area contributed by atoms with Gasteiger partial charge in [-0.2, -0.15) is 13.2 Å². The minimum atomic E-state index is -4.63. The van der Waals surface area contributed by atoms with Gasteiger partial charge in [0, 0.05) is 23.5 Å². The molecule has 1 aromatic carbocycles. The fourth-order valence-electron chi connectivity index (χ4n) is 3.19. The van der Waals surface area contributed by atoms with Crippen molar-refractivity contribution >= 4 is 23.3 Å². The number of fused-ring (bicyclic) bond motifs is 1. The van der Waals surface area contributed by atoms with Crippen LogP contribution in [0.25, 0.3) is 0 Å². The number of urea groups is 1. The highest BCUT2D eigenvalue weighted by atomic mass is 19.4. The molecule has 0 unspecified atom stereocenters. The molecule has 172 valence electrons. The first-order valence-corrected chi connectivity index (χ1v) is 9.89. The van der Waals surface area contributed by atoms with Crippen LogP contribution in [0.1, 0.15) is 52.2 Å². The number of alkyl halides is 3. The molecule has 2 heterocycles. The topological polar surface area (TPSA) is 96.5 Å². The van der Waals surface area contributed by atoms with Crippen LogP contribution in [0.4, 0.5) is 29.3 Å². The van der Waals surface area contributed by atoms with Crippen LogP contribution < -0.4 is 20.3 Å². The van der Waals surface area contributed by atoms with Gasteiger partial charge in [0.25, 0.3) is 5.91 Å². The molecule has 2 N–H and O–H groups in total. The first kappa shape index (κ1) is 23.3. The number of benzene rings is 1. The molecule has 0 aliphatic carbocycles. The summed E-state index contributed by atoms with van der Waals surface area (Å²) in [6.07, 6.45) is -4.52. The Balaban J connectivity index is 1.92.